The van der Waals surface area contributed by atoms with Crippen molar-refractivity contribution in [3.63, 3.8) is 0 Å². The molecule has 0 aliphatic heterocycles. The Morgan fingerprint density at radius 2 is 1.96 bits per heavy atom. The van der Waals surface area contributed by atoms with Gasteiger partial charge in [0.1, 0.15) is 5.82 Å². The third kappa shape index (κ3) is 5.63. The summed E-state index contributed by atoms with van der Waals surface area (Å²) in [5.41, 5.74) is 1.03. The van der Waals surface area contributed by atoms with E-state index in [2.05, 4.69) is 20.2 Å². The molecule has 2 rings (SSSR count). The number of hydrogen-bond acceptors (Lipinski definition) is 3. The van der Waals surface area contributed by atoms with Crippen molar-refractivity contribution in [3.8, 4) is 0 Å². The van der Waals surface area contributed by atoms with Crippen LogP contribution in [0.1, 0.15) is 23.9 Å². The van der Waals surface area contributed by atoms with E-state index in [1.165, 1.54) is 4.90 Å². The fourth-order valence-corrected chi connectivity index (χ4v) is 2.48. The molecule has 0 radical (unpaired) electrons. The number of imidazole rings is 1. The third-order valence-electron chi connectivity index (χ3n) is 3.93. The molecule has 0 spiro atoms. The lowest BCUT2D eigenvalue weighted by atomic mass is 10.0. The zero-order valence-electron chi connectivity index (χ0n) is 14.9. The first-order valence-electron chi connectivity index (χ1n) is 8.24. The van der Waals surface area contributed by atoms with Crippen LogP contribution < -0.4 is 10.6 Å². The number of nitrogens with zero attached hydrogens (tertiary/aromatic N) is 3. The quantitative estimate of drug-likeness (QED) is 0.803. The summed E-state index contributed by atoms with van der Waals surface area (Å²) in [4.78, 5) is 29.4. The molecule has 0 fully saturated rings. The van der Waals surface area contributed by atoms with Crippen molar-refractivity contribution in [3.05, 3.63) is 54.1 Å². The van der Waals surface area contributed by atoms with Gasteiger partial charge in [0.05, 0.1) is 12.6 Å². The SMILES string of the molecule is Cc1nccn1CC[C@H](NC(=O)CNC(=O)N(C)C)c1ccccc1. The van der Waals surface area contributed by atoms with Crippen LogP contribution in [0.3, 0.4) is 0 Å². The van der Waals surface area contributed by atoms with Crippen LogP contribution in [0, 0.1) is 6.92 Å². The minimum atomic E-state index is -0.291. The van der Waals surface area contributed by atoms with Gasteiger partial charge in [-0.25, -0.2) is 9.78 Å². The molecule has 25 heavy (non-hydrogen) atoms. The summed E-state index contributed by atoms with van der Waals surface area (Å²) in [5.74, 6) is 0.725. The fraction of sp³-hybridized carbons (Fsp3) is 0.389. The van der Waals surface area contributed by atoms with E-state index < -0.39 is 0 Å². The molecule has 0 aliphatic rings. The lowest BCUT2D eigenvalue weighted by Gasteiger charge is -2.20. The van der Waals surface area contributed by atoms with E-state index in [0.717, 1.165) is 24.4 Å². The van der Waals surface area contributed by atoms with Gasteiger partial charge in [0, 0.05) is 33.0 Å². The van der Waals surface area contributed by atoms with Gasteiger partial charge in [-0.05, 0) is 18.9 Å². The highest BCUT2D eigenvalue weighted by Crippen LogP contribution is 2.17. The maximum Gasteiger partial charge on any atom is 0.317 e. The van der Waals surface area contributed by atoms with Gasteiger partial charge < -0.3 is 20.1 Å². The van der Waals surface area contributed by atoms with E-state index in [1.807, 2.05) is 43.5 Å². The van der Waals surface area contributed by atoms with Gasteiger partial charge in [0.25, 0.3) is 0 Å². The molecule has 0 unspecified atom stereocenters. The summed E-state index contributed by atoms with van der Waals surface area (Å²) in [6.07, 6.45) is 4.42. The van der Waals surface area contributed by atoms with E-state index >= 15 is 0 Å². The smallest absolute Gasteiger partial charge is 0.317 e. The molecule has 1 aromatic heterocycles. The number of carbonyl (C=O) groups excluding carboxylic acids is 2. The number of amides is 3. The number of aryl methyl sites for hydroxylation is 2. The number of benzene rings is 1. The first-order valence-corrected chi connectivity index (χ1v) is 8.24. The summed E-state index contributed by atoms with van der Waals surface area (Å²) >= 11 is 0. The standard InChI is InChI=1S/C18H25N5O2/c1-14-19-10-12-23(14)11-9-16(15-7-5-4-6-8-15)21-17(24)13-20-18(25)22(2)3/h4-8,10,12,16H,9,11,13H2,1-3H3,(H,20,25)(H,21,24)/t16-/m0/s1. The fourth-order valence-electron chi connectivity index (χ4n) is 2.48. The number of rotatable bonds is 7. The van der Waals surface area contributed by atoms with Crippen LogP contribution in [0.4, 0.5) is 4.79 Å². The van der Waals surface area contributed by atoms with Gasteiger partial charge in [0.15, 0.2) is 0 Å². The Morgan fingerprint density at radius 3 is 2.56 bits per heavy atom. The monoisotopic (exact) mass is 343 g/mol. The van der Waals surface area contributed by atoms with Crippen molar-refractivity contribution in [1.29, 1.82) is 0 Å². The van der Waals surface area contributed by atoms with Gasteiger partial charge >= 0.3 is 6.03 Å². The van der Waals surface area contributed by atoms with Crippen LogP contribution >= 0.6 is 0 Å². The van der Waals surface area contributed by atoms with Gasteiger partial charge in [-0.15, -0.1) is 0 Å². The highest BCUT2D eigenvalue weighted by atomic mass is 16.2. The maximum absolute atomic E-state index is 12.2. The number of hydrogen-bond donors (Lipinski definition) is 2. The molecule has 0 saturated heterocycles. The summed E-state index contributed by atoms with van der Waals surface area (Å²) in [5, 5.41) is 5.58. The Kier molecular flexibility index (Phi) is 6.56. The molecule has 0 aliphatic carbocycles. The van der Waals surface area contributed by atoms with Gasteiger partial charge in [-0.3, -0.25) is 4.79 Å². The Bertz CT molecular complexity index is 697. The topological polar surface area (TPSA) is 79.3 Å². The Hall–Kier alpha value is -2.83. The summed E-state index contributed by atoms with van der Waals surface area (Å²) in [6, 6.07) is 9.40. The van der Waals surface area contributed by atoms with Gasteiger partial charge in [0.2, 0.25) is 5.91 Å². The summed E-state index contributed by atoms with van der Waals surface area (Å²) in [7, 11) is 3.26. The minimum Gasteiger partial charge on any atom is -0.348 e. The van der Waals surface area contributed by atoms with Crippen molar-refractivity contribution < 1.29 is 9.59 Å². The van der Waals surface area contributed by atoms with Crippen molar-refractivity contribution in [2.24, 2.45) is 0 Å². The number of carbonyl (C=O) groups is 2. The van der Waals surface area contributed by atoms with Crippen LogP contribution in [-0.4, -0.2) is 47.0 Å². The Balaban J connectivity index is 1.98. The second-order valence-electron chi connectivity index (χ2n) is 6.04. The number of nitrogens with one attached hydrogen (secondary N) is 2. The van der Waals surface area contributed by atoms with E-state index in [1.54, 1.807) is 20.3 Å². The highest BCUT2D eigenvalue weighted by molar-refractivity contribution is 5.84. The normalized spacial score (nSPS) is 11.6. The molecule has 134 valence electrons. The highest BCUT2D eigenvalue weighted by Gasteiger charge is 2.16. The second-order valence-corrected chi connectivity index (χ2v) is 6.04. The molecule has 1 atom stereocenters. The van der Waals surface area contributed by atoms with E-state index in [4.69, 9.17) is 0 Å². The molecule has 0 bridgehead atoms. The van der Waals surface area contributed by atoms with E-state index in [-0.39, 0.29) is 24.5 Å². The molecular formula is C18H25N5O2. The predicted octanol–water partition coefficient (Wildman–Crippen LogP) is 1.71. The first kappa shape index (κ1) is 18.5. The Labute approximate surface area is 148 Å². The third-order valence-corrected chi connectivity index (χ3v) is 3.93. The summed E-state index contributed by atoms with van der Waals surface area (Å²) < 4.78 is 2.05. The molecule has 2 N–H and O–H groups in total. The molecule has 0 saturated carbocycles. The lowest BCUT2D eigenvalue weighted by molar-refractivity contribution is -0.120. The molecule has 7 heteroatoms. The van der Waals surface area contributed by atoms with Crippen molar-refractivity contribution in [2.75, 3.05) is 20.6 Å². The van der Waals surface area contributed by atoms with Crippen molar-refractivity contribution in [1.82, 2.24) is 25.1 Å². The second kappa shape index (κ2) is 8.86. The van der Waals surface area contributed by atoms with Crippen LogP contribution in [-0.2, 0) is 11.3 Å². The largest absolute Gasteiger partial charge is 0.348 e. The van der Waals surface area contributed by atoms with Crippen LogP contribution in [0.2, 0.25) is 0 Å². The van der Waals surface area contributed by atoms with E-state index in [0.29, 0.717) is 0 Å². The molecule has 2 aromatic rings. The molecule has 1 heterocycles. The van der Waals surface area contributed by atoms with Crippen molar-refractivity contribution in [2.45, 2.75) is 25.9 Å². The average molecular weight is 343 g/mol. The van der Waals surface area contributed by atoms with Crippen molar-refractivity contribution >= 4 is 11.9 Å². The average Bonchev–Trinajstić information content (AvgIpc) is 3.02. The molecular weight excluding hydrogens is 318 g/mol. The number of aromatic nitrogens is 2. The molecule has 7 nitrogen and oxygen atoms in total. The van der Waals surface area contributed by atoms with Crippen LogP contribution in [0.15, 0.2) is 42.7 Å². The predicted molar refractivity (Wildman–Crippen MR) is 96.0 cm³/mol. The zero-order valence-corrected chi connectivity index (χ0v) is 14.9. The zero-order chi connectivity index (χ0) is 18.2. The van der Waals surface area contributed by atoms with Gasteiger partial charge in [-0.1, -0.05) is 30.3 Å². The molecule has 3 amide bonds. The maximum atomic E-state index is 12.2. The number of urea groups is 1. The summed E-state index contributed by atoms with van der Waals surface area (Å²) in [6.45, 7) is 2.65. The van der Waals surface area contributed by atoms with Crippen LogP contribution in [0.25, 0.3) is 0 Å². The van der Waals surface area contributed by atoms with Crippen LogP contribution in [0.5, 0.6) is 0 Å². The molecule has 1 aromatic carbocycles. The lowest BCUT2D eigenvalue weighted by Crippen LogP contribution is -2.42. The Morgan fingerprint density at radius 1 is 1.24 bits per heavy atom. The van der Waals surface area contributed by atoms with Gasteiger partial charge in [-0.2, -0.15) is 0 Å². The van der Waals surface area contributed by atoms with E-state index in [9.17, 15) is 9.59 Å². The minimum absolute atomic E-state index is 0.0511. The first-order chi connectivity index (χ1) is 12.0.